The van der Waals surface area contributed by atoms with E-state index < -0.39 is 21.8 Å². The molecule has 4 aromatic carbocycles. The minimum absolute atomic E-state index is 0.00946. The molecule has 2 unspecified atom stereocenters. The number of benzene rings is 4. The number of hydrogen-bond donors (Lipinski definition) is 5. The molecule has 93 heavy (non-hydrogen) atoms. The number of nitrogens with zero attached hydrogens (tertiary/aromatic N) is 7. The summed E-state index contributed by atoms with van der Waals surface area (Å²) in [6.07, 6.45) is 7.42. The zero-order valence-corrected chi connectivity index (χ0v) is 58.0. The summed E-state index contributed by atoms with van der Waals surface area (Å²) in [4.78, 5) is 90.6. The Morgan fingerprint density at radius 1 is 0.602 bits per heavy atom. The van der Waals surface area contributed by atoms with E-state index in [1.807, 2.05) is 95.2 Å². The summed E-state index contributed by atoms with van der Waals surface area (Å²) in [5.41, 5.74) is 6.83. The number of rotatable bonds is 20. The molecule has 4 aromatic rings. The van der Waals surface area contributed by atoms with Gasteiger partial charge in [-0.2, -0.15) is 0 Å². The van der Waals surface area contributed by atoms with Crippen LogP contribution < -0.4 is 21.3 Å². The van der Waals surface area contributed by atoms with Crippen molar-refractivity contribution in [1.29, 1.82) is 0 Å². The Labute approximate surface area is 559 Å². The Morgan fingerprint density at radius 3 is 1.59 bits per heavy atom. The second kappa shape index (κ2) is 33.3. The number of likely N-dealkylation sites (tertiary alicyclic amines) is 1. The van der Waals surface area contributed by atoms with Gasteiger partial charge in [0, 0.05) is 101 Å². The number of halogens is 2. The first-order valence-corrected chi connectivity index (χ1v) is 35.1. The van der Waals surface area contributed by atoms with Crippen LogP contribution in [-0.4, -0.2) is 204 Å². The highest BCUT2D eigenvalue weighted by Crippen LogP contribution is 2.49. The third-order valence-corrected chi connectivity index (χ3v) is 21.0. The molecule has 22 heteroatoms. The fourth-order valence-corrected chi connectivity index (χ4v) is 15.7. The van der Waals surface area contributed by atoms with Crippen molar-refractivity contribution in [2.24, 2.45) is 10.8 Å². The van der Waals surface area contributed by atoms with Gasteiger partial charge in [-0.3, -0.25) is 24.0 Å². The second-order valence-corrected chi connectivity index (χ2v) is 30.8. The summed E-state index contributed by atoms with van der Waals surface area (Å²) in [5, 5.41) is 20.1. The number of carbonyl (C=O) groups is 6. The molecule has 0 saturated carbocycles. The molecule has 4 atom stereocenters. The summed E-state index contributed by atoms with van der Waals surface area (Å²) in [6, 6.07) is 26.6. The van der Waals surface area contributed by atoms with Crippen molar-refractivity contribution in [2.45, 2.75) is 146 Å². The molecule has 0 bridgehead atoms. The smallest absolute Gasteiger partial charge is 0.322 e. The van der Waals surface area contributed by atoms with E-state index in [1.54, 1.807) is 17.0 Å². The number of anilines is 3. The first-order chi connectivity index (χ1) is 44.2. The average Bonchev–Trinajstić information content (AvgIpc) is 1.69. The number of urea groups is 1. The van der Waals surface area contributed by atoms with Crippen LogP contribution >= 0.6 is 23.5 Å². The number of piperidine rings is 2. The van der Waals surface area contributed by atoms with Crippen LogP contribution in [0.3, 0.4) is 0 Å². The lowest BCUT2D eigenvalue weighted by Crippen LogP contribution is -2.50. The molecular formula is C71H101F2N11O7S2. The van der Waals surface area contributed by atoms with Gasteiger partial charge in [-0.1, -0.05) is 108 Å². The number of amides is 6. The van der Waals surface area contributed by atoms with E-state index in [0.717, 1.165) is 88.1 Å². The number of aliphatic carboxylic acids is 1. The van der Waals surface area contributed by atoms with Crippen LogP contribution in [0.15, 0.2) is 84.9 Å². The number of thioether (sulfide) groups is 2. The van der Waals surface area contributed by atoms with Gasteiger partial charge in [-0.05, 0) is 138 Å². The molecular weight excluding hydrogens is 1220 g/mol. The van der Waals surface area contributed by atoms with E-state index in [1.165, 1.54) is 46.8 Å². The molecule has 4 saturated heterocycles. The number of hydrogen-bond acceptors (Lipinski definition) is 13. The van der Waals surface area contributed by atoms with Gasteiger partial charge in [0.2, 0.25) is 23.6 Å². The van der Waals surface area contributed by atoms with Crippen LogP contribution in [0.1, 0.15) is 131 Å². The van der Waals surface area contributed by atoms with Gasteiger partial charge in [0.1, 0.15) is 22.4 Å². The quantitative estimate of drug-likeness (QED) is 0.0561. The zero-order chi connectivity index (χ0) is 67.1. The van der Waals surface area contributed by atoms with Crippen molar-refractivity contribution in [2.75, 3.05) is 123 Å². The minimum atomic E-state index is -1.00. The zero-order valence-electron chi connectivity index (χ0n) is 56.4. The van der Waals surface area contributed by atoms with Crippen molar-refractivity contribution in [1.82, 2.24) is 39.6 Å². The van der Waals surface area contributed by atoms with Crippen molar-refractivity contribution in [3.63, 3.8) is 0 Å². The van der Waals surface area contributed by atoms with E-state index in [0.29, 0.717) is 94.0 Å². The fraction of sp³-hybridized carbons (Fsp3) is 0.577. The largest absolute Gasteiger partial charge is 0.481 e. The summed E-state index contributed by atoms with van der Waals surface area (Å²) in [6.45, 7) is 21.1. The molecule has 4 fully saturated rings. The van der Waals surface area contributed by atoms with E-state index in [4.69, 9.17) is 0 Å². The van der Waals surface area contributed by atoms with Crippen LogP contribution in [0, 0.1) is 22.5 Å². The van der Waals surface area contributed by atoms with Gasteiger partial charge < -0.3 is 60.7 Å². The highest BCUT2D eigenvalue weighted by molar-refractivity contribution is 8.01. The van der Waals surface area contributed by atoms with Crippen LogP contribution in [-0.2, 0) is 43.2 Å². The SMILES string of the molecule is CN(C)CCNc1c(F)cccc1C1S[C@@H](CC(=O)N2CCC(N3CCc4ccccc4NC3=O)CC2)C(=O)N1CCC(C)(C)C.CN(C)CCNc1c(F)cccc1C1S[C@@H](CC(=O)O)C(=O)N1CCC(C)(C)C.O=C1Cc2ccccc2CCN1C1CCNCC1. The van der Waals surface area contributed by atoms with Gasteiger partial charge in [-0.25, -0.2) is 13.6 Å². The molecule has 6 aliphatic heterocycles. The van der Waals surface area contributed by atoms with Crippen LogP contribution in [0.5, 0.6) is 0 Å². The van der Waals surface area contributed by atoms with Gasteiger partial charge in [0.15, 0.2) is 0 Å². The third-order valence-electron chi connectivity index (χ3n) is 18.1. The predicted octanol–water partition coefficient (Wildman–Crippen LogP) is 10.7. The lowest BCUT2D eigenvalue weighted by atomic mass is 9.92. The second-order valence-electron chi connectivity index (χ2n) is 28.2. The maximum absolute atomic E-state index is 15.2. The van der Waals surface area contributed by atoms with Gasteiger partial charge in [-0.15, -0.1) is 23.5 Å². The van der Waals surface area contributed by atoms with Gasteiger partial charge in [0.25, 0.3) is 0 Å². The fourth-order valence-electron chi connectivity index (χ4n) is 12.7. The molecule has 6 amide bonds. The Bertz CT molecular complexity index is 3200. The molecule has 6 aliphatic rings. The first-order valence-electron chi connectivity index (χ1n) is 33.2. The number of likely N-dealkylation sites (N-methyl/N-ethyl adjacent to an activating group) is 2. The molecule has 0 spiro atoms. The van der Waals surface area contributed by atoms with Gasteiger partial charge in [0.05, 0.1) is 34.7 Å². The molecule has 5 N–H and O–H groups in total. The number of nitrogens with one attached hydrogen (secondary N) is 4. The molecule has 0 radical (unpaired) electrons. The topological polar surface area (TPSA) is 193 Å². The van der Waals surface area contributed by atoms with E-state index in [2.05, 4.69) is 85.9 Å². The number of carboxylic acid groups (broad SMARTS) is 1. The number of fused-ring (bicyclic) bond motifs is 2. The van der Waals surface area contributed by atoms with Crippen molar-refractivity contribution < 1.29 is 42.7 Å². The van der Waals surface area contributed by atoms with Gasteiger partial charge >= 0.3 is 12.0 Å². The molecule has 0 aromatic heterocycles. The Balaban J connectivity index is 0.000000200. The van der Waals surface area contributed by atoms with E-state index >= 15 is 4.39 Å². The Morgan fingerprint density at radius 2 is 1.08 bits per heavy atom. The monoisotopic (exact) mass is 1320 g/mol. The van der Waals surface area contributed by atoms with Crippen LogP contribution in [0.25, 0.3) is 0 Å². The molecule has 0 aliphatic carbocycles. The van der Waals surface area contributed by atoms with E-state index in [-0.39, 0.29) is 70.5 Å². The van der Waals surface area contributed by atoms with Crippen molar-refractivity contribution >= 4 is 76.2 Å². The first kappa shape index (κ1) is 72.4. The maximum Gasteiger partial charge on any atom is 0.322 e. The summed E-state index contributed by atoms with van der Waals surface area (Å²) in [5.74, 6) is -1.70. The standard InChI is InChI=1S/C35H49FN6O3S.C21H32FN3O3S.C15H20N2O/c1-35(2,3)16-21-42-32(44)29(46-33(42)26-10-8-11-27(36)31(26)37-17-22-39(4)5)23-30(43)40-18-14-25(15-19-40)41-20-13-24-9-6-7-12-28(24)38-34(41)45;1-21(2,3)9-11-25-19(28)16(13-17(26)27)29-20(25)14-7-6-8-15(22)18(14)23-10-12-24(4)5;18-15-11-13-4-2-1-3-12(13)7-10-17(15)14-5-8-16-9-6-14/h6-12,25,29,33,37H,13-23H2,1-5H3,(H,38,45);6-8,16,20,23H,9-13H2,1-5H3,(H,26,27);1-4,14,16H,5-11H2/t29-,33?;16-,20?;/m00./s1. The predicted molar refractivity (Wildman–Crippen MR) is 370 cm³/mol. The normalized spacial score (nSPS) is 20.7. The number of carboxylic acids is 1. The van der Waals surface area contributed by atoms with Crippen LogP contribution in [0.4, 0.5) is 30.6 Å². The maximum atomic E-state index is 15.2. The summed E-state index contributed by atoms with van der Waals surface area (Å²) >= 11 is 2.76. The van der Waals surface area contributed by atoms with Crippen molar-refractivity contribution in [3.8, 4) is 0 Å². The Kier molecular flexibility index (Phi) is 25.9. The average molecular weight is 1320 g/mol. The lowest BCUT2D eigenvalue weighted by molar-refractivity contribution is -0.140. The lowest BCUT2D eigenvalue weighted by Gasteiger charge is -2.38. The molecule has 6 heterocycles. The highest BCUT2D eigenvalue weighted by atomic mass is 32.2. The van der Waals surface area contributed by atoms with E-state index in [9.17, 15) is 38.3 Å². The number of carbonyl (C=O) groups excluding carboxylic acids is 5. The molecule has 508 valence electrons. The molecule has 10 rings (SSSR count). The molecule has 18 nitrogen and oxygen atoms in total. The van der Waals surface area contributed by atoms with Crippen LogP contribution in [0.2, 0.25) is 0 Å². The third kappa shape index (κ3) is 20.3. The summed E-state index contributed by atoms with van der Waals surface area (Å²) in [7, 11) is 7.83. The van der Waals surface area contributed by atoms with Crippen molar-refractivity contribution in [3.05, 3.63) is 124 Å². The summed E-state index contributed by atoms with van der Waals surface area (Å²) < 4.78 is 29.8. The Hall–Kier alpha value is -6.46. The highest BCUT2D eigenvalue weighted by Gasteiger charge is 2.46. The minimum Gasteiger partial charge on any atom is -0.481 e. The number of para-hydroxylation sites is 3.